The number of cyclic esters (lactones) is 1. The lowest BCUT2D eigenvalue weighted by atomic mass is 10.1. The lowest BCUT2D eigenvalue weighted by molar-refractivity contribution is -0.0158. The van der Waals surface area contributed by atoms with E-state index in [-0.39, 0.29) is 30.1 Å². The van der Waals surface area contributed by atoms with Crippen molar-refractivity contribution in [2.75, 3.05) is 13.2 Å². The van der Waals surface area contributed by atoms with Crippen molar-refractivity contribution in [3.05, 3.63) is 35.5 Å². The van der Waals surface area contributed by atoms with E-state index in [0.29, 0.717) is 6.92 Å². The Morgan fingerprint density at radius 1 is 1.40 bits per heavy atom. The number of nitrogens with one attached hydrogen (secondary N) is 1. The molecule has 2 aromatic rings. The Bertz CT molecular complexity index is 834. The summed E-state index contributed by atoms with van der Waals surface area (Å²) < 4.78 is 49.4. The van der Waals surface area contributed by atoms with E-state index in [1.807, 2.05) is 0 Å². The summed E-state index contributed by atoms with van der Waals surface area (Å²) in [5.41, 5.74) is 1.90. The third-order valence-corrected chi connectivity index (χ3v) is 3.27. The molecule has 1 N–H and O–H groups in total. The topological polar surface area (TPSA) is 97.6 Å². The highest BCUT2D eigenvalue weighted by Crippen LogP contribution is 2.27. The maximum absolute atomic E-state index is 14.2. The highest BCUT2D eigenvalue weighted by molar-refractivity contribution is 5.95. The second-order valence-electron chi connectivity index (χ2n) is 5.21. The van der Waals surface area contributed by atoms with Gasteiger partial charge in [0.25, 0.3) is 11.8 Å². The standard InChI is InChI=1S/C14H11F3N4O4/c1-14(16,17)12-18-10(20-25-12)7-2-3-8(9(15)6-7)11(22)19-21-4-5-24-13(21)23/h2-3,6H,4-5H2,1H3,(H,19,22). The van der Waals surface area contributed by atoms with Crippen LogP contribution in [0.2, 0.25) is 0 Å². The van der Waals surface area contributed by atoms with Crippen LogP contribution in [0.4, 0.5) is 18.0 Å². The van der Waals surface area contributed by atoms with Gasteiger partial charge in [-0.3, -0.25) is 10.2 Å². The molecule has 0 bridgehead atoms. The molecule has 11 heteroatoms. The van der Waals surface area contributed by atoms with Crippen molar-refractivity contribution in [2.24, 2.45) is 0 Å². The molecule has 3 rings (SSSR count). The van der Waals surface area contributed by atoms with Crippen molar-refractivity contribution in [3.8, 4) is 11.4 Å². The predicted molar refractivity (Wildman–Crippen MR) is 74.8 cm³/mol. The second-order valence-corrected chi connectivity index (χ2v) is 5.21. The Kier molecular flexibility index (Phi) is 4.07. The summed E-state index contributed by atoms with van der Waals surface area (Å²) >= 11 is 0. The van der Waals surface area contributed by atoms with E-state index in [2.05, 4.69) is 24.8 Å². The Labute approximate surface area is 138 Å². The predicted octanol–water partition coefficient (Wildman–Crippen LogP) is 2.08. The van der Waals surface area contributed by atoms with E-state index < -0.39 is 29.6 Å². The molecule has 2 heterocycles. The van der Waals surface area contributed by atoms with Gasteiger partial charge in [0, 0.05) is 12.5 Å². The first-order chi connectivity index (χ1) is 11.8. The van der Waals surface area contributed by atoms with Crippen molar-refractivity contribution in [3.63, 3.8) is 0 Å². The molecule has 0 aliphatic carbocycles. The molecule has 1 aromatic heterocycles. The fourth-order valence-electron chi connectivity index (χ4n) is 2.04. The van der Waals surface area contributed by atoms with E-state index in [4.69, 9.17) is 0 Å². The van der Waals surface area contributed by atoms with Crippen LogP contribution in [-0.2, 0) is 10.7 Å². The minimum absolute atomic E-state index is 0.0499. The molecule has 1 aliphatic rings. The van der Waals surface area contributed by atoms with Crippen LogP contribution < -0.4 is 5.43 Å². The third kappa shape index (κ3) is 3.39. The Hall–Kier alpha value is -3.11. The maximum Gasteiger partial charge on any atom is 0.428 e. The molecule has 1 fully saturated rings. The Morgan fingerprint density at radius 3 is 2.72 bits per heavy atom. The normalized spacial score (nSPS) is 14.6. The van der Waals surface area contributed by atoms with Gasteiger partial charge in [0.2, 0.25) is 5.82 Å². The van der Waals surface area contributed by atoms with Crippen LogP contribution in [-0.4, -0.2) is 40.3 Å². The molecular weight excluding hydrogens is 345 g/mol. The number of amides is 2. The van der Waals surface area contributed by atoms with Crippen LogP contribution >= 0.6 is 0 Å². The molecule has 0 unspecified atom stereocenters. The number of rotatable bonds is 4. The van der Waals surface area contributed by atoms with E-state index >= 15 is 0 Å². The monoisotopic (exact) mass is 356 g/mol. The van der Waals surface area contributed by atoms with Gasteiger partial charge in [-0.25, -0.2) is 14.2 Å². The van der Waals surface area contributed by atoms with Crippen molar-refractivity contribution in [2.45, 2.75) is 12.8 Å². The number of aromatic nitrogens is 2. The zero-order valence-corrected chi connectivity index (χ0v) is 12.8. The van der Waals surface area contributed by atoms with Crippen LogP contribution in [0, 0.1) is 5.82 Å². The Balaban J connectivity index is 1.80. The van der Waals surface area contributed by atoms with Gasteiger partial charge >= 0.3 is 12.0 Å². The number of hydrazine groups is 1. The molecule has 0 atom stereocenters. The summed E-state index contributed by atoms with van der Waals surface area (Å²) in [6.07, 6.45) is -0.745. The fraction of sp³-hybridized carbons (Fsp3) is 0.286. The second kappa shape index (κ2) is 6.07. The number of carbonyl (C=O) groups is 2. The zero-order chi connectivity index (χ0) is 18.2. The van der Waals surface area contributed by atoms with Crippen molar-refractivity contribution >= 4 is 12.0 Å². The number of carbonyl (C=O) groups excluding carboxylic acids is 2. The van der Waals surface area contributed by atoms with Gasteiger partial charge in [0.1, 0.15) is 12.4 Å². The van der Waals surface area contributed by atoms with Crippen LogP contribution in [0.5, 0.6) is 0 Å². The molecule has 0 spiro atoms. The van der Waals surface area contributed by atoms with Crippen LogP contribution in [0.3, 0.4) is 0 Å². The molecule has 1 saturated heterocycles. The van der Waals surface area contributed by atoms with E-state index in [9.17, 15) is 22.8 Å². The van der Waals surface area contributed by atoms with E-state index in [0.717, 1.165) is 17.1 Å². The number of alkyl halides is 2. The van der Waals surface area contributed by atoms with Crippen LogP contribution in [0.15, 0.2) is 22.7 Å². The van der Waals surface area contributed by atoms with Crippen LogP contribution in [0.1, 0.15) is 23.2 Å². The van der Waals surface area contributed by atoms with Gasteiger partial charge < -0.3 is 9.26 Å². The first-order valence-corrected chi connectivity index (χ1v) is 7.03. The van der Waals surface area contributed by atoms with Crippen molar-refractivity contribution in [1.29, 1.82) is 0 Å². The van der Waals surface area contributed by atoms with Gasteiger partial charge in [0.05, 0.1) is 12.1 Å². The van der Waals surface area contributed by atoms with E-state index in [1.54, 1.807) is 0 Å². The molecule has 2 amide bonds. The largest absolute Gasteiger partial charge is 0.446 e. The average Bonchev–Trinajstić information content (AvgIpc) is 3.16. The number of nitrogens with zero attached hydrogens (tertiary/aromatic N) is 3. The lowest BCUT2D eigenvalue weighted by Crippen LogP contribution is -2.43. The molecule has 25 heavy (non-hydrogen) atoms. The first-order valence-electron chi connectivity index (χ1n) is 7.03. The number of hydrogen-bond donors (Lipinski definition) is 1. The maximum atomic E-state index is 14.2. The summed E-state index contributed by atoms with van der Waals surface area (Å²) in [7, 11) is 0. The summed E-state index contributed by atoms with van der Waals surface area (Å²) in [5.74, 6) is -6.29. The first kappa shape index (κ1) is 16.7. The molecule has 132 valence electrons. The van der Waals surface area contributed by atoms with E-state index in [1.165, 1.54) is 6.07 Å². The smallest absolute Gasteiger partial charge is 0.428 e. The molecule has 0 radical (unpaired) electrons. The summed E-state index contributed by atoms with van der Waals surface area (Å²) in [6.45, 7) is 0.839. The summed E-state index contributed by atoms with van der Waals surface area (Å²) in [4.78, 5) is 26.8. The third-order valence-electron chi connectivity index (χ3n) is 3.27. The van der Waals surface area contributed by atoms with Gasteiger partial charge in [-0.1, -0.05) is 11.2 Å². The van der Waals surface area contributed by atoms with Gasteiger partial charge in [-0.15, -0.1) is 0 Å². The quantitative estimate of drug-likeness (QED) is 0.901. The van der Waals surface area contributed by atoms with Gasteiger partial charge in [0.15, 0.2) is 0 Å². The molecule has 8 nitrogen and oxygen atoms in total. The van der Waals surface area contributed by atoms with Crippen molar-refractivity contribution < 1.29 is 32.0 Å². The number of hydrogen-bond acceptors (Lipinski definition) is 6. The SMILES string of the molecule is CC(F)(F)c1nc(-c2ccc(C(=O)NN3CCOC3=O)c(F)c2)no1. The number of benzene rings is 1. The number of ether oxygens (including phenoxy) is 1. The minimum atomic E-state index is -3.33. The Morgan fingerprint density at radius 2 is 2.16 bits per heavy atom. The minimum Gasteiger partial charge on any atom is -0.446 e. The molecule has 1 aromatic carbocycles. The highest BCUT2D eigenvalue weighted by atomic mass is 19.3. The molecule has 0 saturated carbocycles. The average molecular weight is 356 g/mol. The van der Waals surface area contributed by atoms with Crippen molar-refractivity contribution in [1.82, 2.24) is 20.6 Å². The summed E-state index contributed by atoms with van der Waals surface area (Å²) in [5, 5.41) is 4.27. The van der Waals surface area contributed by atoms with Crippen LogP contribution in [0.25, 0.3) is 11.4 Å². The lowest BCUT2D eigenvalue weighted by Gasteiger charge is -2.14. The summed E-state index contributed by atoms with van der Waals surface area (Å²) in [6, 6.07) is 3.28. The fourth-order valence-corrected chi connectivity index (χ4v) is 2.04. The molecular formula is C14H11F3N4O4. The highest BCUT2D eigenvalue weighted by Gasteiger charge is 2.32. The number of halogens is 3. The van der Waals surface area contributed by atoms with Gasteiger partial charge in [-0.2, -0.15) is 13.8 Å². The zero-order valence-electron chi connectivity index (χ0n) is 12.8. The van der Waals surface area contributed by atoms with Gasteiger partial charge in [-0.05, 0) is 12.1 Å². The molecule has 1 aliphatic heterocycles.